The zero-order valence-corrected chi connectivity index (χ0v) is 13.4. The van der Waals surface area contributed by atoms with Crippen LogP contribution in [0, 0.1) is 6.92 Å². The molecular formula is C16H25N5O. The molecule has 0 atom stereocenters. The molecule has 120 valence electrons. The van der Waals surface area contributed by atoms with Crippen LogP contribution in [0.2, 0.25) is 0 Å². The predicted octanol–water partition coefficient (Wildman–Crippen LogP) is 1.44. The van der Waals surface area contributed by atoms with Crippen LogP contribution < -0.4 is 9.80 Å². The van der Waals surface area contributed by atoms with Crippen LogP contribution >= 0.6 is 0 Å². The summed E-state index contributed by atoms with van der Waals surface area (Å²) < 4.78 is 0. The monoisotopic (exact) mass is 303 g/mol. The number of piperazine rings is 1. The van der Waals surface area contributed by atoms with Crippen molar-refractivity contribution in [3.63, 3.8) is 0 Å². The van der Waals surface area contributed by atoms with Crippen molar-refractivity contribution in [1.82, 2.24) is 14.9 Å². The molecule has 0 aromatic carbocycles. The van der Waals surface area contributed by atoms with Gasteiger partial charge in [-0.3, -0.25) is 4.79 Å². The summed E-state index contributed by atoms with van der Waals surface area (Å²) in [5, 5.41) is 0. The molecule has 1 aromatic rings. The minimum atomic E-state index is 0.769. The van der Waals surface area contributed by atoms with Crippen LogP contribution in [0.5, 0.6) is 0 Å². The summed E-state index contributed by atoms with van der Waals surface area (Å²) in [7, 11) is 0. The summed E-state index contributed by atoms with van der Waals surface area (Å²) in [4.78, 5) is 26.6. The summed E-state index contributed by atoms with van der Waals surface area (Å²) in [6.45, 7) is 7.37. The second kappa shape index (κ2) is 6.94. The summed E-state index contributed by atoms with van der Waals surface area (Å²) in [6, 6.07) is 2.12. The van der Waals surface area contributed by atoms with Crippen molar-refractivity contribution in [2.45, 2.75) is 32.6 Å². The van der Waals surface area contributed by atoms with Gasteiger partial charge in [0, 0.05) is 45.3 Å². The Bertz CT molecular complexity index is 505. The van der Waals surface area contributed by atoms with E-state index in [1.807, 2.05) is 11.8 Å². The molecule has 6 heteroatoms. The second-order valence-electron chi connectivity index (χ2n) is 6.16. The SMILES string of the molecule is Cc1nc(N2CCCCCC2)cc(N2CCN(C=O)CC2)n1. The van der Waals surface area contributed by atoms with Crippen LogP contribution in [0.4, 0.5) is 11.6 Å². The molecule has 2 aliphatic heterocycles. The Labute approximate surface area is 132 Å². The normalized spacial score (nSPS) is 20.0. The topological polar surface area (TPSA) is 52.6 Å². The Hall–Kier alpha value is -1.85. The van der Waals surface area contributed by atoms with Gasteiger partial charge in [0.05, 0.1) is 0 Å². The average Bonchev–Trinajstić information content (AvgIpc) is 2.84. The summed E-state index contributed by atoms with van der Waals surface area (Å²) >= 11 is 0. The standard InChI is InChI=1S/C16H25N5O/c1-14-17-15(20-6-4-2-3-5-7-20)12-16(18-14)21-10-8-19(13-22)9-11-21/h12-13H,2-11H2,1H3. The molecule has 0 radical (unpaired) electrons. The Morgan fingerprint density at radius 2 is 1.41 bits per heavy atom. The number of aryl methyl sites for hydroxylation is 1. The maximum atomic E-state index is 10.8. The molecule has 0 unspecified atom stereocenters. The van der Waals surface area contributed by atoms with Gasteiger partial charge in [-0.2, -0.15) is 0 Å². The number of anilines is 2. The number of rotatable bonds is 3. The maximum Gasteiger partial charge on any atom is 0.209 e. The first-order valence-corrected chi connectivity index (χ1v) is 8.31. The van der Waals surface area contributed by atoms with Gasteiger partial charge in [-0.25, -0.2) is 9.97 Å². The molecule has 0 bridgehead atoms. The number of carbonyl (C=O) groups excluding carboxylic acids is 1. The molecule has 2 aliphatic rings. The smallest absolute Gasteiger partial charge is 0.209 e. The predicted molar refractivity (Wildman–Crippen MR) is 87.3 cm³/mol. The summed E-state index contributed by atoms with van der Waals surface area (Å²) in [6.07, 6.45) is 6.07. The minimum Gasteiger partial charge on any atom is -0.356 e. The average molecular weight is 303 g/mol. The minimum absolute atomic E-state index is 0.769. The van der Waals surface area contributed by atoms with Crippen LogP contribution in [0.1, 0.15) is 31.5 Å². The Morgan fingerprint density at radius 3 is 1.95 bits per heavy atom. The fourth-order valence-corrected chi connectivity index (χ4v) is 3.22. The molecule has 3 rings (SSSR count). The fourth-order valence-electron chi connectivity index (χ4n) is 3.22. The first-order chi connectivity index (χ1) is 10.8. The van der Waals surface area contributed by atoms with E-state index in [0.717, 1.165) is 63.1 Å². The van der Waals surface area contributed by atoms with Crippen molar-refractivity contribution >= 4 is 18.0 Å². The largest absolute Gasteiger partial charge is 0.356 e. The van der Waals surface area contributed by atoms with Crippen LogP contribution in [-0.2, 0) is 4.79 Å². The highest BCUT2D eigenvalue weighted by molar-refractivity contribution is 5.53. The molecule has 6 nitrogen and oxygen atoms in total. The first-order valence-electron chi connectivity index (χ1n) is 8.31. The molecule has 0 aliphatic carbocycles. The zero-order chi connectivity index (χ0) is 15.4. The van der Waals surface area contributed by atoms with E-state index in [2.05, 4.69) is 25.8 Å². The van der Waals surface area contributed by atoms with E-state index in [1.165, 1.54) is 25.7 Å². The van der Waals surface area contributed by atoms with E-state index in [-0.39, 0.29) is 0 Å². The Morgan fingerprint density at radius 1 is 0.864 bits per heavy atom. The third kappa shape index (κ3) is 3.48. The van der Waals surface area contributed by atoms with Gasteiger partial charge in [-0.05, 0) is 19.8 Å². The number of hydrogen-bond donors (Lipinski definition) is 0. The number of hydrogen-bond acceptors (Lipinski definition) is 5. The maximum absolute atomic E-state index is 10.8. The van der Waals surface area contributed by atoms with Crippen molar-refractivity contribution in [2.75, 3.05) is 49.1 Å². The summed E-state index contributed by atoms with van der Waals surface area (Å²) in [5.41, 5.74) is 0. The number of nitrogens with zero attached hydrogens (tertiary/aromatic N) is 5. The van der Waals surface area contributed by atoms with E-state index in [0.29, 0.717) is 0 Å². The molecule has 2 fully saturated rings. The molecule has 0 saturated carbocycles. The highest BCUT2D eigenvalue weighted by Crippen LogP contribution is 2.22. The number of amides is 1. The van der Waals surface area contributed by atoms with E-state index in [4.69, 9.17) is 0 Å². The Kier molecular flexibility index (Phi) is 4.75. The molecule has 1 amide bonds. The second-order valence-corrected chi connectivity index (χ2v) is 6.16. The highest BCUT2D eigenvalue weighted by atomic mass is 16.1. The van der Waals surface area contributed by atoms with Gasteiger partial charge < -0.3 is 14.7 Å². The summed E-state index contributed by atoms with van der Waals surface area (Å²) in [5.74, 6) is 2.88. The molecular weight excluding hydrogens is 278 g/mol. The molecule has 0 N–H and O–H groups in total. The van der Waals surface area contributed by atoms with Gasteiger partial charge in [0.2, 0.25) is 6.41 Å². The fraction of sp³-hybridized carbons (Fsp3) is 0.688. The third-order valence-corrected chi connectivity index (χ3v) is 4.53. The van der Waals surface area contributed by atoms with E-state index in [9.17, 15) is 4.79 Å². The number of aromatic nitrogens is 2. The van der Waals surface area contributed by atoms with Gasteiger partial charge in [0.15, 0.2) is 0 Å². The van der Waals surface area contributed by atoms with Gasteiger partial charge in [0.25, 0.3) is 0 Å². The molecule has 22 heavy (non-hydrogen) atoms. The quantitative estimate of drug-likeness (QED) is 0.791. The molecule has 1 aromatic heterocycles. The van der Waals surface area contributed by atoms with Crippen molar-refractivity contribution in [3.05, 3.63) is 11.9 Å². The lowest BCUT2D eigenvalue weighted by molar-refractivity contribution is -0.118. The van der Waals surface area contributed by atoms with Crippen LogP contribution in [0.15, 0.2) is 6.07 Å². The van der Waals surface area contributed by atoms with Crippen molar-refractivity contribution in [3.8, 4) is 0 Å². The zero-order valence-electron chi connectivity index (χ0n) is 13.4. The van der Waals surface area contributed by atoms with Crippen molar-refractivity contribution < 1.29 is 4.79 Å². The van der Waals surface area contributed by atoms with E-state index in [1.54, 1.807) is 0 Å². The van der Waals surface area contributed by atoms with Gasteiger partial charge >= 0.3 is 0 Å². The molecule has 3 heterocycles. The van der Waals surface area contributed by atoms with Crippen LogP contribution in [0.3, 0.4) is 0 Å². The van der Waals surface area contributed by atoms with E-state index < -0.39 is 0 Å². The highest BCUT2D eigenvalue weighted by Gasteiger charge is 2.19. The molecule has 0 spiro atoms. The lowest BCUT2D eigenvalue weighted by atomic mass is 10.2. The van der Waals surface area contributed by atoms with Crippen LogP contribution in [-0.4, -0.2) is 60.5 Å². The van der Waals surface area contributed by atoms with Gasteiger partial charge in [-0.15, -0.1) is 0 Å². The first kappa shape index (κ1) is 15.1. The van der Waals surface area contributed by atoms with Crippen LogP contribution in [0.25, 0.3) is 0 Å². The van der Waals surface area contributed by atoms with Gasteiger partial charge in [-0.1, -0.05) is 12.8 Å². The van der Waals surface area contributed by atoms with E-state index >= 15 is 0 Å². The van der Waals surface area contributed by atoms with Crippen molar-refractivity contribution in [1.29, 1.82) is 0 Å². The lowest BCUT2D eigenvalue weighted by Crippen LogP contribution is -2.46. The lowest BCUT2D eigenvalue weighted by Gasteiger charge is -2.34. The Balaban J connectivity index is 1.76. The van der Waals surface area contributed by atoms with Gasteiger partial charge in [0.1, 0.15) is 17.5 Å². The third-order valence-electron chi connectivity index (χ3n) is 4.53. The number of carbonyl (C=O) groups is 1. The van der Waals surface area contributed by atoms with Crippen molar-refractivity contribution in [2.24, 2.45) is 0 Å². The molecule has 2 saturated heterocycles.